The number of carbonyl (C=O) groups is 2. The molecule has 1 fully saturated rings. The number of nitrogens with zero attached hydrogens (tertiary/aromatic N) is 3. The molecule has 0 N–H and O–H groups in total. The van der Waals surface area contributed by atoms with Gasteiger partial charge in [0.25, 0.3) is 0 Å². The van der Waals surface area contributed by atoms with E-state index < -0.39 is 0 Å². The Morgan fingerprint density at radius 2 is 2.20 bits per heavy atom. The third kappa shape index (κ3) is 3.93. The van der Waals surface area contributed by atoms with E-state index in [9.17, 15) is 9.59 Å². The normalized spacial score (nSPS) is 17.7. The van der Waals surface area contributed by atoms with Crippen molar-refractivity contribution in [3.63, 3.8) is 0 Å². The lowest BCUT2D eigenvalue weighted by Gasteiger charge is -2.30. The second-order valence-corrected chi connectivity index (χ2v) is 9.13. The Labute approximate surface area is 158 Å². The minimum Gasteiger partial charge on any atom is -0.468 e. The van der Waals surface area contributed by atoms with Gasteiger partial charge in [0.15, 0.2) is 0 Å². The van der Waals surface area contributed by atoms with E-state index in [0.29, 0.717) is 18.8 Å². The molecule has 1 saturated heterocycles. The van der Waals surface area contributed by atoms with E-state index in [1.807, 2.05) is 0 Å². The molecule has 1 aliphatic heterocycles. The number of amides is 1. The summed E-state index contributed by atoms with van der Waals surface area (Å²) in [5.74, 6) is 0.808. The maximum Gasteiger partial charge on any atom is 0.320 e. The lowest BCUT2D eigenvalue weighted by atomic mass is 10.2. The largest absolute Gasteiger partial charge is 0.468 e. The van der Waals surface area contributed by atoms with Crippen LogP contribution in [-0.4, -0.2) is 63.7 Å². The van der Waals surface area contributed by atoms with Gasteiger partial charge in [0.05, 0.1) is 12.9 Å². The van der Waals surface area contributed by atoms with Crippen molar-refractivity contribution in [3.8, 4) is 0 Å². The molecule has 134 valence electrons. The Bertz CT molecular complexity index is 809. The molecule has 0 saturated carbocycles. The van der Waals surface area contributed by atoms with Crippen LogP contribution in [0.15, 0.2) is 11.4 Å². The zero-order valence-electron chi connectivity index (χ0n) is 14.3. The number of esters is 1. The quantitative estimate of drug-likeness (QED) is 0.446. The van der Waals surface area contributed by atoms with E-state index in [0.717, 1.165) is 21.0 Å². The van der Waals surface area contributed by atoms with Gasteiger partial charge < -0.3 is 9.64 Å². The highest BCUT2D eigenvalue weighted by molar-refractivity contribution is 8.00. The van der Waals surface area contributed by atoms with Crippen LogP contribution in [0.5, 0.6) is 0 Å². The molecule has 0 bridgehead atoms. The molecule has 1 amide bonds. The minimum absolute atomic E-state index is 0.0237. The van der Waals surface area contributed by atoms with Crippen LogP contribution in [0.1, 0.15) is 10.4 Å². The minimum atomic E-state index is -0.291. The van der Waals surface area contributed by atoms with Gasteiger partial charge in [-0.05, 0) is 19.4 Å². The first kappa shape index (κ1) is 18.5. The summed E-state index contributed by atoms with van der Waals surface area (Å²) in [6.07, 6.45) is 1.55. The van der Waals surface area contributed by atoms with E-state index in [-0.39, 0.29) is 17.1 Å². The molecule has 0 radical (unpaired) electrons. The highest BCUT2D eigenvalue weighted by Crippen LogP contribution is 2.34. The van der Waals surface area contributed by atoms with Crippen molar-refractivity contribution in [1.29, 1.82) is 0 Å². The van der Waals surface area contributed by atoms with E-state index >= 15 is 0 Å². The summed E-state index contributed by atoms with van der Waals surface area (Å²) in [7, 11) is 1.38. The average molecular weight is 398 g/mol. The van der Waals surface area contributed by atoms with Gasteiger partial charge in [-0.25, -0.2) is 9.97 Å². The SMILES string of the molecule is COC(=O)[C@@H]1CN(C(=O)CSc2ncnc3sc(C)c(C)c23)CCS1. The van der Waals surface area contributed by atoms with Crippen molar-refractivity contribution >= 4 is 57.0 Å². The number of aryl methyl sites for hydroxylation is 2. The second-order valence-electron chi connectivity index (χ2n) is 5.65. The first-order valence-corrected chi connectivity index (χ1v) is 10.7. The fourth-order valence-corrected chi connectivity index (χ4v) is 5.78. The fraction of sp³-hybridized carbons (Fsp3) is 0.500. The zero-order valence-corrected chi connectivity index (χ0v) is 16.7. The highest BCUT2D eigenvalue weighted by atomic mass is 32.2. The summed E-state index contributed by atoms with van der Waals surface area (Å²) in [5, 5.41) is 1.60. The van der Waals surface area contributed by atoms with Crippen molar-refractivity contribution in [3.05, 3.63) is 16.8 Å². The highest BCUT2D eigenvalue weighted by Gasteiger charge is 2.29. The molecule has 0 aromatic carbocycles. The number of rotatable bonds is 4. The number of ether oxygens (including phenoxy) is 1. The number of thioether (sulfide) groups is 2. The van der Waals surface area contributed by atoms with E-state index in [4.69, 9.17) is 4.74 Å². The van der Waals surface area contributed by atoms with Gasteiger partial charge in [-0.15, -0.1) is 23.1 Å². The molecule has 0 spiro atoms. The molecule has 2 aromatic heterocycles. The van der Waals surface area contributed by atoms with Crippen molar-refractivity contribution < 1.29 is 14.3 Å². The molecule has 6 nitrogen and oxygen atoms in total. The average Bonchev–Trinajstić information content (AvgIpc) is 2.93. The summed E-state index contributed by atoms with van der Waals surface area (Å²) < 4.78 is 4.79. The Hall–Kier alpha value is -1.32. The van der Waals surface area contributed by atoms with Gasteiger partial charge in [0.1, 0.15) is 21.4 Å². The van der Waals surface area contributed by atoms with Crippen LogP contribution in [0, 0.1) is 13.8 Å². The molecule has 0 aliphatic carbocycles. The lowest BCUT2D eigenvalue weighted by molar-refractivity contribution is -0.141. The third-order valence-electron chi connectivity index (χ3n) is 4.15. The first-order chi connectivity index (χ1) is 12.0. The Morgan fingerprint density at radius 3 is 2.96 bits per heavy atom. The summed E-state index contributed by atoms with van der Waals surface area (Å²) in [6, 6.07) is 0. The van der Waals surface area contributed by atoms with Crippen LogP contribution in [0.3, 0.4) is 0 Å². The van der Waals surface area contributed by atoms with E-state index in [1.165, 1.54) is 29.3 Å². The summed E-state index contributed by atoms with van der Waals surface area (Å²) in [6.45, 7) is 5.20. The van der Waals surface area contributed by atoms with Crippen LogP contribution >= 0.6 is 34.9 Å². The molecule has 1 aliphatic rings. The molecule has 2 aromatic rings. The Kier molecular flexibility index (Phi) is 5.85. The maximum atomic E-state index is 12.6. The topological polar surface area (TPSA) is 72.4 Å². The molecule has 9 heteroatoms. The summed E-state index contributed by atoms with van der Waals surface area (Å²) in [4.78, 5) is 36.9. The van der Waals surface area contributed by atoms with Crippen molar-refractivity contribution in [1.82, 2.24) is 14.9 Å². The van der Waals surface area contributed by atoms with Crippen LogP contribution in [0.4, 0.5) is 0 Å². The van der Waals surface area contributed by atoms with Gasteiger partial charge in [-0.2, -0.15) is 0 Å². The monoisotopic (exact) mass is 397 g/mol. The van der Waals surface area contributed by atoms with Crippen LogP contribution in [-0.2, 0) is 14.3 Å². The number of fused-ring (bicyclic) bond motifs is 1. The fourth-order valence-electron chi connectivity index (χ4n) is 2.63. The van der Waals surface area contributed by atoms with Crippen LogP contribution < -0.4 is 0 Å². The van der Waals surface area contributed by atoms with Crippen molar-refractivity contribution in [2.24, 2.45) is 0 Å². The number of carbonyl (C=O) groups excluding carboxylic acids is 2. The summed E-state index contributed by atoms with van der Waals surface area (Å²) in [5.41, 5.74) is 1.18. The predicted molar refractivity (Wildman–Crippen MR) is 102 cm³/mol. The zero-order chi connectivity index (χ0) is 18.0. The number of hydrogen-bond acceptors (Lipinski definition) is 8. The molecule has 25 heavy (non-hydrogen) atoms. The predicted octanol–water partition coefficient (Wildman–Crippen LogP) is 2.52. The van der Waals surface area contributed by atoms with E-state index in [1.54, 1.807) is 34.3 Å². The van der Waals surface area contributed by atoms with Gasteiger partial charge in [0, 0.05) is 29.1 Å². The Balaban J connectivity index is 1.67. The second kappa shape index (κ2) is 7.92. The van der Waals surface area contributed by atoms with Gasteiger partial charge in [0.2, 0.25) is 5.91 Å². The summed E-state index contributed by atoms with van der Waals surface area (Å²) >= 11 is 4.63. The molecule has 3 heterocycles. The van der Waals surface area contributed by atoms with Crippen molar-refractivity contribution in [2.75, 3.05) is 31.7 Å². The maximum absolute atomic E-state index is 12.6. The van der Waals surface area contributed by atoms with Gasteiger partial charge >= 0.3 is 5.97 Å². The number of hydrogen-bond donors (Lipinski definition) is 0. The molecule has 3 rings (SSSR count). The number of thiophene rings is 1. The lowest BCUT2D eigenvalue weighted by Crippen LogP contribution is -2.45. The van der Waals surface area contributed by atoms with Crippen LogP contribution in [0.25, 0.3) is 10.2 Å². The third-order valence-corrected chi connectivity index (χ3v) is 7.40. The standard InChI is InChI=1S/C16H19N3O3S3/c1-9-10(2)25-15-13(9)14(17-8-18-15)24-7-12(20)19-4-5-23-11(6-19)16(21)22-3/h8,11H,4-7H2,1-3H3/t11-/m0/s1. The smallest absolute Gasteiger partial charge is 0.320 e. The van der Waals surface area contributed by atoms with Crippen molar-refractivity contribution in [2.45, 2.75) is 24.1 Å². The van der Waals surface area contributed by atoms with Crippen LogP contribution in [0.2, 0.25) is 0 Å². The number of aromatic nitrogens is 2. The van der Waals surface area contributed by atoms with Gasteiger partial charge in [-0.1, -0.05) is 11.8 Å². The van der Waals surface area contributed by atoms with Gasteiger partial charge in [-0.3, -0.25) is 9.59 Å². The molecule has 1 atom stereocenters. The van der Waals surface area contributed by atoms with E-state index in [2.05, 4.69) is 23.8 Å². The number of methoxy groups -OCH3 is 1. The molecular weight excluding hydrogens is 378 g/mol. The first-order valence-electron chi connectivity index (χ1n) is 7.82. The Morgan fingerprint density at radius 1 is 1.40 bits per heavy atom. The molecule has 0 unspecified atom stereocenters. The molecular formula is C16H19N3O3S3.